The number of anilines is 1. The maximum Gasteiger partial charge on any atom is 0.311 e. The Morgan fingerprint density at radius 3 is 2.37 bits per heavy atom. The van der Waals surface area contributed by atoms with Crippen LogP contribution in [0, 0.1) is 28.4 Å². The summed E-state index contributed by atoms with van der Waals surface area (Å²) >= 11 is 0. The van der Waals surface area contributed by atoms with E-state index < -0.39 is 10.8 Å². The van der Waals surface area contributed by atoms with Gasteiger partial charge in [0.1, 0.15) is 11.5 Å². The summed E-state index contributed by atoms with van der Waals surface area (Å²) in [6, 6.07) is 17.9. The SMILES string of the molecule is COc1ccc(C(=O)Nc2ccc(Oc3ccc(C#N)cc3)cc2C)cc1[N+](=O)[O-]. The molecule has 0 saturated carbocycles. The second kappa shape index (κ2) is 8.75. The Kier molecular flexibility index (Phi) is 5.94. The summed E-state index contributed by atoms with van der Waals surface area (Å²) in [5.74, 6) is 0.743. The maximum absolute atomic E-state index is 12.5. The van der Waals surface area contributed by atoms with E-state index in [0.29, 0.717) is 22.7 Å². The molecule has 3 rings (SSSR count). The number of benzene rings is 3. The molecule has 0 atom stereocenters. The highest BCUT2D eigenvalue weighted by Gasteiger charge is 2.18. The van der Waals surface area contributed by atoms with Crippen LogP contribution in [0.2, 0.25) is 0 Å². The van der Waals surface area contributed by atoms with E-state index in [1.165, 1.54) is 25.3 Å². The third-order valence-electron chi connectivity index (χ3n) is 4.30. The lowest BCUT2D eigenvalue weighted by Gasteiger charge is -2.12. The standard InChI is InChI=1S/C22H17N3O5/c1-14-11-18(30-17-6-3-15(13-23)4-7-17)8-9-19(14)24-22(26)16-5-10-21(29-2)20(12-16)25(27)28/h3-12H,1-2H3,(H,24,26). The fraction of sp³-hybridized carbons (Fsp3) is 0.0909. The molecule has 3 aromatic rings. The number of nitro groups is 1. The van der Waals surface area contributed by atoms with Crippen LogP contribution in [0.5, 0.6) is 17.2 Å². The highest BCUT2D eigenvalue weighted by Crippen LogP contribution is 2.29. The minimum atomic E-state index is -0.601. The Bertz CT molecular complexity index is 1150. The predicted molar refractivity (Wildman–Crippen MR) is 110 cm³/mol. The first-order chi connectivity index (χ1) is 14.4. The summed E-state index contributed by atoms with van der Waals surface area (Å²) in [5.41, 5.74) is 1.69. The molecule has 0 heterocycles. The number of carbonyl (C=O) groups is 1. The van der Waals surface area contributed by atoms with Gasteiger partial charge in [0.05, 0.1) is 23.7 Å². The Morgan fingerprint density at radius 2 is 1.77 bits per heavy atom. The van der Waals surface area contributed by atoms with Gasteiger partial charge < -0.3 is 14.8 Å². The number of carbonyl (C=O) groups excluding carboxylic acids is 1. The van der Waals surface area contributed by atoms with Crippen molar-refractivity contribution in [2.75, 3.05) is 12.4 Å². The molecule has 3 aromatic carbocycles. The molecular weight excluding hydrogens is 386 g/mol. The Balaban J connectivity index is 1.75. The summed E-state index contributed by atoms with van der Waals surface area (Å²) in [6.45, 7) is 1.80. The lowest BCUT2D eigenvalue weighted by atomic mass is 10.1. The van der Waals surface area contributed by atoms with E-state index in [9.17, 15) is 14.9 Å². The van der Waals surface area contributed by atoms with Gasteiger partial charge in [-0.2, -0.15) is 5.26 Å². The molecule has 0 aliphatic heterocycles. The van der Waals surface area contributed by atoms with Crippen molar-refractivity contribution in [2.45, 2.75) is 6.92 Å². The maximum atomic E-state index is 12.5. The molecule has 0 saturated heterocycles. The van der Waals surface area contributed by atoms with Gasteiger partial charge in [-0.1, -0.05) is 0 Å². The first-order valence-corrected chi connectivity index (χ1v) is 8.83. The van der Waals surface area contributed by atoms with E-state index in [1.807, 2.05) is 6.07 Å². The monoisotopic (exact) mass is 403 g/mol. The third-order valence-corrected chi connectivity index (χ3v) is 4.30. The lowest BCUT2D eigenvalue weighted by Crippen LogP contribution is -2.13. The van der Waals surface area contributed by atoms with Crippen LogP contribution in [0.25, 0.3) is 0 Å². The topological polar surface area (TPSA) is 114 Å². The second-order valence-corrected chi connectivity index (χ2v) is 6.31. The van der Waals surface area contributed by atoms with Crippen molar-refractivity contribution in [3.63, 3.8) is 0 Å². The largest absolute Gasteiger partial charge is 0.490 e. The van der Waals surface area contributed by atoms with Gasteiger partial charge in [-0.3, -0.25) is 14.9 Å². The number of rotatable bonds is 6. The van der Waals surface area contributed by atoms with Crippen molar-refractivity contribution in [1.82, 2.24) is 0 Å². The van der Waals surface area contributed by atoms with Gasteiger partial charge in [0.15, 0.2) is 5.75 Å². The number of nitriles is 1. The van der Waals surface area contributed by atoms with Crippen molar-refractivity contribution >= 4 is 17.3 Å². The van der Waals surface area contributed by atoms with Crippen molar-refractivity contribution < 1.29 is 19.2 Å². The summed E-state index contributed by atoms with van der Waals surface area (Å²) in [4.78, 5) is 23.1. The molecule has 0 aliphatic carbocycles. The average molecular weight is 403 g/mol. The number of nitrogens with zero attached hydrogens (tertiary/aromatic N) is 2. The number of nitro benzene ring substituents is 1. The number of nitrogens with one attached hydrogen (secondary N) is 1. The number of amides is 1. The van der Waals surface area contributed by atoms with Crippen LogP contribution in [0.3, 0.4) is 0 Å². The van der Waals surface area contributed by atoms with Crippen molar-refractivity contribution in [3.05, 3.63) is 87.5 Å². The molecule has 0 fully saturated rings. The van der Waals surface area contributed by atoms with Crippen molar-refractivity contribution in [2.24, 2.45) is 0 Å². The molecule has 0 spiro atoms. The predicted octanol–water partition coefficient (Wildman–Crippen LogP) is 4.83. The summed E-state index contributed by atoms with van der Waals surface area (Å²) < 4.78 is 10.7. The van der Waals surface area contributed by atoms with E-state index in [1.54, 1.807) is 49.4 Å². The molecule has 8 nitrogen and oxygen atoms in total. The molecule has 150 valence electrons. The number of methoxy groups -OCH3 is 1. The van der Waals surface area contributed by atoms with Gasteiger partial charge in [0, 0.05) is 17.3 Å². The molecule has 0 radical (unpaired) electrons. The number of aryl methyl sites for hydroxylation is 1. The molecule has 0 unspecified atom stereocenters. The van der Waals surface area contributed by atoms with Gasteiger partial charge in [-0.25, -0.2) is 0 Å². The Morgan fingerprint density at radius 1 is 1.07 bits per heavy atom. The summed E-state index contributed by atoms with van der Waals surface area (Å²) in [7, 11) is 1.33. The van der Waals surface area contributed by atoms with E-state index in [-0.39, 0.29) is 17.0 Å². The molecule has 1 N–H and O–H groups in total. The number of hydrogen-bond acceptors (Lipinski definition) is 6. The van der Waals surface area contributed by atoms with Crippen LogP contribution in [-0.2, 0) is 0 Å². The van der Waals surface area contributed by atoms with Crippen molar-refractivity contribution in [1.29, 1.82) is 5.26 Å². The lowest BCUT2D eigenvalue weighted by molar-refractivity contribution is -0.385. The quantitative estimate of drug-likeness (QED) is 0.466. The van der Waals surface area contributed by atoms with E-state index in [4.69, 9.17) is 14.7 Å². The van der Waals surface area contributed by atoms with Gasteiger partial charge in [0.25, 0.3) is 5.91 Å². The molecule has 0 aromatic heterocycles. The van der Waals surface area contributed by atoms with E-state index in [0.717, 1.165) is 5.56 Å². The van der Waals surface area contributed by atoms with Gasteiger partial charge in [-0.05, 0) is 67.1 Å². The summed E-state index contributed by atoms with van der Waals surface area (Å²) in [6.07, 6.45) is 0. The number of ether oxygens (including phenoxy) is 2. The highest BCUT2D eigenvalue weighted by atomic mass is 16.6. The highest BCUT2D eigenvalue weighted by molar-refractivity contribution is 6.05. The van der Waals surface area contributed by atoms with Gasteiger partial charge in [-0.15, -0.1) is 0 Å². The first kappa shape index (κ1) is 20.4. The van der Waals surface area contributed by atoms with Crippen LogP contribution >= 0.6 is 0 Å². The van der Waals surface area contributed by atoms with Crippen LogP contribution in [0.15, 0.2) is 60.7 Å². The molecule has 0 bridgehead atoms. The molecule has 0 aliphatic rings. The van der Waals surface area contributed by atoms with Gasteiger partial charge in [0.2, 0.25) is 0 Å². The average Bonchev–Trinajstić information content (AvgIpc) is 2.75. The van der Waals surface area contributed by atoms with Crippen molar-refractivity contribution in [3.8, 4) is 23.3 Å². The summed E-state index contributed by atoms with van der Waals surface area (Å²) in [5, 5.41) is 22.7. The second-order valence-electron chi connectivity index (χ2n) is 6.31. The van der Waals surface area contributed by atoms with Gasteiger partial charge >= 0.3 is 5.69 Å². The fourth-order valence-corrected chi connectivity index (χ4v) is 2.74. The normalized spacial score (nSPS) is 10.0. The Hall–Kier alpha value is -4.38. The Labute approximate surface area is 172 Å². The first-order valence-electron chi connectivity index (χ1n) is 8.83. The fourth-order valence-electron chi connectivity index (χ4n) is 2.74. The minimum absolute atomic E-state index is 0.0806. The molecular formula is C22H17N3O5. The molecule has 1 amide bonds. The smallest absolute Gasteiger partial charge is 0.311 e. The minimum Gasteiger partial charge on any atom is -0.490 e. The van der Waals surface area contributed by atoms with Crippen LogP contribution in [0.1, 0.15) is 21.5 Å². The van der Waals surface area contributed by atoms with E-state index in [2.05, 4.69) is 5.32 Å². The number of hydrogen-bond donors (Lipinski definition) is 1. The third kappa shape index (κ3) is 4.54. The van der Waals surface area contributed by atoms with Crippen LogP contribution in [0.4, 0.5) is 11.4 Å². The zero-order chi connectivity index (χ0) is 21.7. The molecule has 8 heteroatoms. The van der Waals surface area contributed by atoms with E-state index >= 15 is 0 Å². The zero-order valence-corrected chi connectivity index (χ0v) is 16.2. The molecule has 30 heavy (non-hydrogen) atoms. The van der Waals surface area contributed by atoms with Crippen LogP contribution in [-0.4, -0.2) is 17.9 Å². The zero-order valence-electron chi connectivity index (χ0n) is 16.2. The van der Waals surface area contributed by atoms with Crippen LogP contribution < -0.4 is 14.8 Å².